The van der Waals surface area contributed by atoms with E-state index in [1.165, 1.54) is 12.0 Å². The van der Waals surface area contributed by atoms with E-state index in [0.29, 0.717) is 6.04 Å². The molecule has 1 aliphatic heterocycles. The lowest BCUT2D eigenvalue weighted by molar-refractivity contribution is -0.0309. The van der Waals surface area contributed by atoms with Gasteiger partial charge in [0.15, 0.2) is 0 Å². The van der Waals surface area contributed by atoms with Crippen LogP contribution in [0.4, 0.5) is 0 Å². The molecule has 22 heavy (non-hydrogen) atoms. The molecule has 1 unspecified atom stereocenters. The predicted molar refractivity (Wildman–Crippen MR) is 93.5 cm³/mol. The van der Waals surface area contributed by atoms with E-state index in [0.717, 1.165) is 62.4 Å². The second-order valence-electron chi connectivity index (χ2n) is 7.06. The van der Waals surface area contributed by atoms with Crippen LogP contribution in [0.15, 0.2) is 11.4 Å². The number of rotatable bonds is 4. The van der Waals surface area contributed by atoms with Crippen LogP contribution in [0.5, 0.6) is 0 Å². The number of nitrogens with two attached hydrogens (primary N) is 1. The zero-order chi connectivity index (χ0) is 15.6. The molecule has 1 atom stereocenters. The summed E-state index contributed by atoms with van der Waals surface area (Å²) in [5.74, 6) is 0. The topological polar surface area (TPSA) is 49.5 Å². The van der Waals surface area contributed by atoms with E-state index in [1.54, 1.807) is 11.3 Å². The van der Waals surface area contributed by atoms with Gasteiger partial charge >= 0.3 is 0 Å². The van der Waals surface area contributed by atoms with Crippen LogP contribution in [-0.2, 0) is 0 Å². The third-order valence-electron chi connectivity index (χ3n) is 5.35. The van der Waals surface area contributed by atoms with Crippen molar-refractivity contribution in [3.8, 4) is 0 Å². The Bertz CT molecular complexity index is 479. The molecule has 2 heterocycles. The van der Waals surface area contributed by atoms with Crippen molar-refractivity contribution in [2.45, 2.75) is 69.1 Å². The molecule has 1 aromatic heterocycles. The molecule has 1 aromatic rings. The molecule has 3 rings (SSSR count). The summed E-state index contributed by atoms with van der Waals surface area (Å²) in [4.78, 5) is 2.51. The van der Waals surface area contributed by atoms with Gasteiger partial charge in [0.05, 0.1) is 9.94 Å². The third-order valence-corrected chi connectivity index (χ3v) is 6.45. The maximum absolute atomic E-state index is 11.0. The zero-order valence-electron chi connectivity index (χ0n) is 13.1. The minimum absolute atomic E-state index is 0.277. The average molecular weight is 343 g/mol. The molecule has 2 aliphatic rings. The highest BCUT2D eigenvalue weighted by molar-refractivity contribution is 7.14. The Kier molecular flexibility index (Phi) is 5.46. The van der Waals surface area contributed by atoms with E-state index < -0.39 is 5.60 Å². The molecule has 0 radical (unpaired) electrons. The Morgan fingerprint density at radius 1 is 1.32 bits per heavy atom. The molecule has 5 heteroatoms. The van der Waals surface area contributed by atoms with Crippen LogP contribution in [0.2, 0.25) is 4.34 Å². The van der Waals surface area contributed by atoms with Crippen LogP contribution in [0.3, 0.4) is 0 Å². The van der Waals surface area contributed by atoms with Crippen LogP contribution in [0.1, 0.15) is 63.0 Å². The van der Waals surface area contributed by atoms with Crippen molar-refractivity contribution >= 4 is 22.9 Å². The molecular weight excluding hydrogens is 316 g/mol. The number of piperidine rings is 1. The van der Waals surface area contributed by atoms with Gasteiger partial charge < -0.3 is 10.8 Å². The van der Waals surface area contributed by atoms with Gasteiger partial charge in [0.2, 0.25) is 0 Å². The summed E-state index contributed by atoms with van der Waals surface area (Å²) in [5.41, 5.74) is 6.82. The first kappa shape index (κ1) is 16.7. The van der Waals surface area contributed by atoms with Crippen molar-refractivity contribution in [3.63, 3.8) is 0 Å². The fraction of sp³-hybridized carbons (Fsp3) is 0.765. The molecule has 3 N–H and O–H groups in total. The second kappa shape index (κ2) is 7.18. The SMILES string of the molecule is NC1CCN(C(CC2(O)CCCCC2)c2csc(Cl)c2)CC1. The molecule has 124 valence electrons. The molecule has 1 saturated heterocycles. The number of hydrogen-bond donors (Lipinski definition) is 2. The Morgan fingerprint density at radius 2 is 2.00 bits per heavy atom. The zero-order valence-corrected chi connectivity index (χ0v) is 14.7. The van der Waals surface area contributed by atoms with Crippen LogP contribution in [0, 0.1) is 0 Å². The predicted octanol–water partition coefficient (Wildman–Crippen LogP) is 3.95. The van der Waals surface area contributed by atoms with Gasteiger partial charge in [0.1, 0.15) is 0 Å². The fourth-order valence-electron chi connectivity index (χ4n) is 3.96. The second-order valence-corrected chi connectivity index (χ2v) is 8.61. The quantitative estimate of drug-likeness (QED) is 0.871. The van der Waals surface area contributed by atoms with E-state index in [1.807, 2.05) is 0 Å². The van der Waals surface area contributed by atoms with Gasteiger partial charge in [-0.1, -0.05) is 30.9 Å². The molecule has 0 spiro atoms. The molecule has 0 bridgehead atoms. The van der Waals surface area contributed by atoms with E-state index in [2.05, 4.69) is 16.3 Å². The smallest absolute Gasteiger partial charge is 0.0931 e. The number of hydrogen-bond acceptors (Lipinski definition) is 4. The van der Waals surface area contributed by atoms with E-state index in [4.69, 9.17) is 17.3 Å². The van der Waals surface area contributed by atoms with Crippen LogP contribution >= 0.6 is 22.9 Å². The van der Waals surface area contributed by atoms with Crippen molar-refractivity contribution in [3.05, 3.63) is 21.3 Å². The average Bonchev–Trinajstić information content (AvgIpc) is 2.93. The molecule has 1 saturated carbocycles. The minimum Gasteiger partial charge on any atom is -0.390 e. The van der Waals surface area contributed by atoms with Crippen LogP contribution < -0.4 is 5.73 Å². The molecule has 1 aliphatic carbocycles. The van der Waals surface area contributed by atoms with Gasteiger partial charge in [0, 0.05) is 25.2 Å². The lowest BCUT2D eigenvalue weighted by Crippen LogP contribution is -2.44. The van der Waals surface area contributed by atoms with Gasteiger partial charge in [0.25, 0.3) is 0 Å². The Labute approximate surface area is 142 Å². The van der Waals surface area contributed by atoms with E-state index in [9.17, 15) is 5.11 Å². The number of aliphatic hydroxyl groups is 1. The monoisotopic (exact) mass is 342 g/mol. The van der Waals surface area contributed by atoms with Gasteiger partial charge in [-0.3, -0.25) is 4.90 Å². The summed E-state index contributed by atoms with van der Waals surface area (Å²) in [6.45, 7) is 2.05. The molecule has 3 nitrogen and oxygen atoms in total. The van der Waals surface area contributed by atoms with Crippen molar-refractivity contribution < 1.29 is 5.11 Å². The Hall–Kier alpha value is -0.130. The van der Waals surface area contributed by atoms with Gasteiger partial charge in [-0.2, -0.15) is 0 Å². The number of thiophene rings is 1. The first-order chi connectivity index (χ1) is 10.6. The highest BCUT2D eigenvalue weighted by Crippen LogP contribution is 2.40. The first-order valence-electron chi connectivity index (χ1n) is 8.52. The lowest BCUT2D eigenvalue weighted by Gasteiger charge is -2.42. The molecule has 2 fully saturated rings. The number of likely N-dealkylation sites (tertiary alicyclic amines) is 1. The van der Waals surface area contributed by atoms with Gasteiger partial charge in [-0.05, 0) is 49.1 Å². The third kappa shape index (κ3) is 4.04. The standard InChI is InChI=1S/C17H27ClN2OS/c18-16-10-13(12-22-16)15(20-8-4-14(19)5-9-20)11-17(21)6-2-1-3-7-17/h10,12,14-15,21H,1-9,11,19H2. The molecule has 0 aromatic carbocycles. The highest BCUT2D eigenvalue weighted by Gasteiger charge is 2.36. The summed E-state index contributed by atoms with van der Waals surface area (Å²) < 4.78 is 0.837. The Morgan fingerprint density at radius 3 is 2.59 bits per heavy atom. The van der Waals surface area contributed by atoms with E-state index in [-0.39, 0.29) is 6.04 Å². The van der Waals surface area contributed by atoms with Gasteiger partial charge in [-0.25, -0.2) is 0 Å². The van der Waals surface area contributed by atoms with Crippen molar-refractivity contribution in [1.82, 2.24) is 4.90 Å². The molecular formula is C17H27ClN2OS. The fourth-order valence-corrected chi connectivity index (χ4v) is 4.90. The normalized spacial score (nSPS) is 25.2. The van der Waals surface area contributed by atoms with Crippen LogP contribution in [0.25, 0.3) is 0 Å². The van der Waals surface area contributed by atoms with Crippen molar-refractivity contribution in [2.75, 3.05) is 13.1 Å². The van der Waals surface area contributed by atoms with Crippen molar-refractivity contribution in [2.24, 2.45) is 5.73 Å². The number of nitrogens with zero attached hydrogens (tertiary/aromatic N) is 1. The van der Waals surface area contributed by atoms with Crippen LogP contribution in [-0.4, -0.2) is 34.7 Å². The number of halogens is 1. The minimum atomic E-state index is -0.503. The maximum atomic E-state index is 11.0. The summed E-state index contributed by atoms with van der Waals surface area (Å²) in [7, 11) is 0. The Balaban J connectivity index is 1.76. The van der Waals surface area contributed by atoms with E-state index >= 15 is 0 Å². The highest BCUT2D eigenvalue weighted by atomic mass is 35.5. The summed E-state index contributed by atoms with van der Waals surface area (Å²) in [6.07, 6.45) is 8.37. The summed E-state index contributed by atoms with van der Waals surface area (Å²) in [5, 5.41) is 13.2. The van der Waals surface area contributed by atoms with Crippen molar-refractivity contribution in [1.29, 1.82) is 0 Å². The lowest BCUT2D eigenvalue weighted by atomic mass is 9.79. The maximum Gasteiger partial charge on any atom is 0.0931 e. The summed E-state index contributed by atoms with van der Waals surface area (Å²) in [6, 6.07) is 2.69. The van der Waals surface area contributed by atoms with Gasteiger partial charge in [-0.15, -0.1) is 11.3 Å². The summed E-state index contributed by atoms with van der Waals surface area (Å²) >= 11 is 7.75. The largest absolute Gasteiger partial charge is 0.390 e. The first-order valence-corrected chi connectivity index (χ1v) is 9.77. The molecule has 0 amide bonds.